The molecule has 134 valence electrons. The Morgan fingerprint density at radius 3 is 2.92 bits per heavy atom. The van der Waals surface area contributed by atoms with Gasteiger partial charge in [0.05, 0.1) is 26.4 Å². The van der Waals surface area contributed by atoms with E-state index < -0.39 is 5.97 Å². The summed E-state index contributed by atoms with van der Waals surface area (Å²) in [5, 5.41) is 10.5. The highest BCUT2D eigenvalue weighted by Crippen LogP contribution is 2.33. The molecule has 1 saturated heterocycles. The molecule has 0 amide bonds. The molecule has 0 radical (unpaired) electrons. The van der Waals surface area contributed by atoms with Crippen LogP contribution in [0.4, 0.5) is 0 Å². The van der Waals surface area contributed by atoms with Crippen molar-refractivity contribution in [1.29, 1.82) is 0 Å². The van der Waals surface area contributed by atoms with E-state index in [2.05, 4.69) is 31.3 Å². The number of carbonyl (C=O) groups excluding carboxylic acids is 1. The van der Waals surface area contributed by atoms with Gasteiger partial charge in [0.1, 0.15) is 11.4 Å². The minimum absolute atomic E-state index is 0.118. The van der Waals surface area contributed by atoms with Gasteiger partial charge in [0.2, 0.25) is 0 Å². The van der Waals surface area contributed by atoms with Crippen molar-refractivity contribution in [3.8, 4) is 17.0 Å². The number of ether oxygens (including phenoxy) is 4. The fraction of sp³-hybridized carbons (Fsp3) is 0.438. The lowest BCUT2D eigenvalue weighted by molar-refractivity contribution is -0.0531. The molecule has 2 aromatic rings. The molecule has 3 rings (SSSR count). The van der Waals surface area contributed by atoms with E-state index in [0.717, 1.165) is 4.47 Å². The second kappa shape index (κ2) is 8.41. The number of nitrogens with one attached hydrogen (secondary N) is 1. The lowest BCUT2D eigenvalue weighted by Gasteiger charge is -2.13. The molecule has 0 atom stereocenters. The van der Waals surface area contributed by atoms with Crippen LogP contribution in [0.1, 0.15) is 23.8 Å². The number of H-pyrrole nitrogens is 1. The summed E-state index contributed by atoms with van der Waals surface area (Å²) in [6.07, 6.45) is 0.375. The molecule has 9 heteroatoms. The van der Waals surface area contributed by atoms with Crippen LogP contribution in [0.15, 0.2) is 22.7 Å². The van der Waals surface area contributed by atoms with E-state index in [0.29, 0.717) is 43.2 Å². The fourth-order valence-corrected chi connectivity index (χ4v) is 2.77. The normalized spacial score (nSPS) is 14.6. The van der Waals surface area contributed by atoms with E-state index >= 15 is 0 Å². The molecule has 1 fully saturated rings. The Bertz CT molecular complexity index is 730. The summed E-state index contributed by atoms with van der Waals surface area (Å²) < 4.78 is 22.5. The van der Waals surface area contributed by atoms with Gasteiger partial charge in [0.25, 0.3) is 0 Å². The van der Waals surface area contributed by atoms with Gasteiger partial charge in [0.15, 0.2) is 12.0 Å². The summed E-state index contributed by atoms with van der Waals surface area (Å²) in [7, 11) is 0. The van der Waals surface area contributed by atoms with Crippen LogP contribution in [0.3, 0.4) is 0 Å². The summed E-state index contributed by atoms with van der Waals surface area (Å²) in [6.45, 7) is 3.62. The van der Waals surface area contributed by atoms with E-state index in [1.54, 1.807) is 13.0 Å². The highest BCUT2D eigenvalue weighted by molar-refractivity contribution is 9.10. The van der Waals surface area contributed by atoms with E-state index in [1.165, 1.54) is 0 Å². The Hall–Kier alpha value is -1.97. The number of aromatic nitrogens is 3. The molecule has 1 aromatic carbocycles. The minimum Gasteiger partial charge on any atom is -0.493 e. The summed E-state index contributed by atoms with van der Waals surface area (Å²) in [5.41, 5.74) is 1.13. The SMILES string of the molecule is CCOC(=O)c1n[nH]nc1-c1cc(Br)ccc1OCCC1OCCO1. The molecule has 0 spiro atoms. The largest absolute Gasteiger partial charge is 0.493 e. The highest BCUT2D eigenvalue weighted by Gasteiger charge is 2.22. The monoisotopic (exact) mass is 411 g/mol. The van der Waals surface area contributed by atoms with Crippen molar-refractivity contribution < 1.29 is 23.7 Å². The first kappa shape index (κ1) is 17.8. The molecule has 0 bridgehead atoms. The number of halogens is 1. The number of aromatic amines is 1. The molecular formula is C16H18BrN3O5. The molecular weight excluding hydrogens is 394 g/mol. The molecule has 8 nitrogen and oxygen atoms in total. The maximum absolute atomic E-state index is 12.1. The molecule has 1 aromatic heterocycles. The first-order chi connectivity index (χ1) is 12.2. The van der Waals surface area contributed by atoms with Gasteiger partial charge < -0.3 is 18.9 Å². The molecule has 2 heterocycles. The van der Waals surface area contributed by atoms with Gasteiger partial charge in [-0.15, -0.1) is 5.10 Å². The van der Waals surface area contributed by atoms with Crippen molar-refractivity contribution >= 4 is 21.9 Å². The number of nitrogens with zero attached hydrogens (tertiary/aromatic N) is 2. The second-order valence-corrected chi connectivity index (χ2v) is 6.11. The number of esters is 1. The summed E-state index contributed by atoms with van der Waals surface area (Å²) in [4.78, 5) is 12.1. The number of hydrogen-bond donors (Lipinski definition) is 1. The van der Waals surface area contributed by atoms with Gasteiger partial charge in [-0.2, -0.15) is 10.3 Å². The third-order valence-electron chi connectivity index (χ3n) is 3.52. The van der Waals surface area contributed by atoms with Crippen LogP contribution in [-0.2, 0) is 14.2 Å². The lowest BCUT2D eigenvalue weighted by Crippen LogP contribution is -2.13. The van der Waals surface area contributed by atoms with E-state index in [1.807, 2.05) is 12.1 Å². The summed E-state index contributed by atoms with van der Waals surface area (Å²) in [5.74, 6) is 0.0468. The Labute approximate surface area is 152 Å². The molecule has 25 heavy (non-hydrogen) atoms. The highest BCUT2D eigenvalue weighted by atomic mass is 79.9. The molecule has 1 aliphatic rings. The van der Waals surface area contributed by atoms with Gasteiger partial charge in [0, 0.05) is 16.5 Å². The van der Waals surface area contributed by atoms with Gasteiger partial charge in [-0.25, -0.2) is 4.79 Å². The zero-order chi connectivity index (χ0) is 17.6. The smallest absolute Gasteiger partial charge is 0.361 e. The number of benzene rings is 1. The van der Waals surface area contributed by atoms with Crippen LogP contribution in [0, 0.1) is 0 Å². The van der Waals surface area contributed by atoms with Gasteiger partial charge in [-0.1, -0.05) is 15.9 Å². The zero-order valence-corrected chi connectivity index (χ0v) is 15.2. The maximum atomic E-state index is 12.1. The van der Waals surface area contributed by atoms with Gasteiger partial charge in [-0.05, 0) is 25.1 Å². The first-order valence-electron chi connectivity index (χ1n) is 7.93. The Balaban J connectivity index is 1.79. The predicted molar refractivity (Wildman–Crippen MR) is 91.3 cm³/mol. The minimum atomic E-state index is -0.537. The predicted octanol–water partition coefficient (Wildman–Crippen LogP) is 2.55. The summed E-state index contributed by atoms with van der Waals surface area (Å²) >= 11 is 3.43. The van der Waals surface area contributed by atoms with Crippen molar-refractivity contribution in [2.75, 3.05) is 26.4 Å². The molecule has 1 aliphatic heterocycles. The average molecular weight is 412 g/mol. The van der Waals surface area contributed by atoms with Crippen molar-refractivity contribution in [1.82, 2.24) is 15.4 Å². The fourth-order valence-electron chi connectivity index (χ4n) is 2.41. The van der Waals surface area contributed by atoms with Crippen molar-refractivity contribution in [2.24, 2.45) is 0 Å². The van der Waals surface area contributed by atoms with Crippen LogP contribution in [0.5, 0.6) is 5.75 Å². The van der Waals surface area contributed by atoms with E-state index in [4.69, 9.17) is 18.9 Å². The van der Waals surface area contributed by atoms with Gasteiger partial charge in [-0.3, -0.25) is 0 Å². The first-order valence-corrected chi connectivity index (χ1v) is 8.72. The Kier molecular flexibility index (Phi) is 6.00. The maximum Gasteiger partial charge on any atom is 0.361 e. The topological polar surface area (TPSA) is 95.6 Å². The van der Waals surface area contributed by atoms with E-state index in [9.17, 15) is 4.79 Å². The van der Waals surface area contributed by atoms with Crippen LogP contribution in [-0.4, -0.2) is 54.1 Å². The lowest BCUT2D eigenvalue weighted by atomic mass is 10.1. The van der Waals surface area contributed by atoms with Gasteiger partial charge >= 0.3 is 5.97 Å². The molecule has 1 N–H and O–H groups in total. The van der Waals surface area contributed by atoms with Crippen LogP contribution >= 0.6 is 15.9 Å². The quantitative estimate of drug-likeness (QED) is 0.699. The zero-order valence-electron chi connectivity index (χ0n) is 13.7. The van der Waals surface area contributed by atoms with Crippen LogP contribution in [0.25, 0.3) is 11.3 Å². The third-order valence-corrected chi connectivity index (χ3v) is 4.01. The molecule has 0 saturated carbocycles. The second-order valence-electron chi connectivity index (χ2n) is 5.19. The average Bonchev–Trinajstić information content (AvgIpc) is 3.27. The van der Waals surface area contributed by atoms with E-state index in [-0.39, 0.29) is 18.6 Å². The molecule has 0 aliphatic carbocycles. The number of carbonyl (C=O) groups is 1. The van der Waals surface area contributed by atoms with Crippen LogP contribution in [0.2, 0.25) is 0 Å². The number of rotatable bonds is 7. The van der Waals surface area contributed by atoms with Crippen molar-refractivity contribution in [2.45, 2.75) is 19.6 Å². The van der Waals surface area contributed by atoms with Crippen molar-refractivity contribution in [3.05, 3.63) is 28.4 Å². The number of hydrogen-bond acceptors (Lipinski definition) is 7. The Morgan fingerprint density at radius 2 is 2.16 bits per heavy atom. The van der Waals surface area contributed by atoms with Crippen LogP contribution < -0.4 is 4.74 Å². The Morgan fingerprint density at radius 1 is 1.36 bits per heavy atom. The third kappa shape index (κ3) is 4.36. The standard InChI is InChI=1S/C16H18BrN3O5/c1-2-22-16(21)15-14(18-20-19-15)11-9-10(17)3-4-12(11)23-6-5-13-24-7-8-25-13/h3-4,9,13H,2,5-8H2,1H3,(H,18,19,20). The molecule has 0 unspecified atom stereocenters. The summed E-state index contributed by atoms with van der Waals surface area (Å²) in [6, 6.07) is 5.48. The van der Waals surface area contributed by atoms with Crippen molar-refractivity contribution in [3.63, 3.8) is 0 Å².